The Morgan fingerprint density at radius 2 is 1.86 bits per heavy atom. The van der Waals surface area contributed by atoms with Gasteiger partial charge < -0.3 is 4.57 Å². The van der Waals surface area contributed by atoms with Gasteiger partial charge in [0.25, 0.3) is 0 Å². The molecular formula is C22H20N2O3S2. The van der Waals surface area contributed by atoms with Crippen LogP contribution in [-0.4, -0.2) is 23.8 Å². The SMILES string of the molecule is Cc1cn(CC(=O)Cc2ccc(S(=O)(=O)Cc3nccs3)cc2)c2ccccc12. The number of para-hydroxylation sites is 1. The molecule has 2 aromatic carbocycles. The second-order valence-corrected chi connectivity index (χ2v) is 9.97. The smallest absolute Gasteiger partial charge is 0.184 e. The number of fused-ring (bicyclic) bond motifs is 1. The van der Waals surface area contributed by atoms with Gasteiger partial charge in [0.1, 0.15) is 10.8 Å². The van der Waals surface area contributed by atoms with Crippen LogP contribution < -0.4 is 0 Å². The first-order chi connectivity index (χ1) is 13.9. The second-order valence-electron chi connectivity index (χ2n) is 7.00. The molecule has 0 saturated carbocycles. The standard InChI is InChI=1S/C22H20N2O3S2/c1-16-13-24(21-5-3-2-4-20(16)21)14-18(25)12-17-6-8-19(9-7-17)29(26,27)15-22-23-10-11-28-22/h2-11,13H,12,14-15H2,1H3. The van der Waals surface area contributed by atoms with E-state index in [9.17, 15) is 13.2 Å². The number of rotatable bonds is 7. The lowest BCUT2D eigenvalue weighted by atomic mass is 10.1. The average Bonchev–Trinajstić information content (AvgIpc) is 3.30. The van der Waals surface area contributed by atoms with Crippen LogP contribution in [0.2, 0.25) is 0 Å². The maximum Gasteiger partial charge on any atom is 0.184 e. The Bertz CT molecular complexity index is 1260. The summed E-state index contributed by atoms with van der Waals surface area (Å²) in [6.45, 7) is 2.33. The molecule has 4 rings (SSSR count). The summed E-state index contributed by atoms with van der Waals surface area (Å²) in [6.07, 6.45) is 3.86. The normalized spacial score (nSPS) is 11.8. The van der Waals surface area contributed by atoms with Gasteiger partial charge in [-0.25, -0.2) is 13.4 Å². The summed E-state index contributed by atoms with van der Waals surface area (Å²) in [5.74, 6) is -0.0349. The number of carbonyl (C=O) groups is 1. The van der Waals surface area contributed by atoms with Crippen molar-refractivity contribution in [2.45, 2.75) is 30.5 Å². The van der Waals surface area contributed by atoms with E-state index >= 15 is 0 Å². The lowest BCUT2D eigenvalue weighted by Gasteiger charge is -2.07. The number of ketones is 1. The topological polar surface area (TPSA) is 69.0 Å². The molecule has 2 heterocycles. The van der Waals surface area contributed by atoms with Gasteiger partial charge >= 0.3 is 0 Å². The highest BCUT2D eigenvalue weighted by molar-refractivity contribution is 7.90. The van der Waals surface area contributed by atoms with Crippen LogP contribution in [0, 0.1) is 6.92 Å². The third-order valence-corrected chi connectivity index (χ3v) is 7.42. The first-order valence-corrected chi connectivity index (χ1v) is 11.7. The zero-order valence-electron chi connectivity index (χ0n) is 15.9. The summed E-state index contributed by atoms with van der Waals surface area (Å²) >= 11 is 1.32. The van der Waals surface area contributed by atoms with Gasteiger partial charge in [0, 0.05) is 35.1 Å². The molecule has 0 bridgehead atoms. The molecule has 0 unspecified atom stereocenters. The van der Waals surface area contributed by atoms with Crippen molar-refractivity contribution in [1.82, 2.24) is 9.55 Å². The minimum absolute atomic E-state index is 0.0733. The number of hydrogen-bond acceptors (Lipinski definition) is 5. The van der Waals surface area contributed by atoms with Crippen molar-refractivity contribution in [2.75, 3.05) is 0 Å². The Balaban J connectivity index is 1.45. The van der Waals surface area contributed by atoms with Crippen molar-refractivity contribution in [3.05, 3.63) is 82.4 Å². The number of thiazole rings is 1. The summed E-state index contributed by atoms with van der Waals surface area (Å²) in [5.41, 5.74) is 2.99. The molecule has 0 atom stereocenters. The van der Waals surface area contributed by atoms with E-state index in [-0.39, 0.29) is 22.9 Å². The predicted octanol–water partition coefficient (Wildman–Crippen LogP) is 4.19. The van der Waals surface area contributed by atoms with Crippen molar-refractivity contribution in [1.29, 1.82) is 0 Å². The molecule has 0 radical (unpaired) electrons. The first-order valence-electron chi connectivity index (χ1n) is 9.18. The number of aromatic nitrogens is 2. The summed E-state index contributed by atoms with van der Waals surface area (Å²) < 4.78 is 27.0. The lowest BCUT2D eigenvalue weighted by Crippen LogP contribution is -2.12. The number of benzene rings is 2. The molecule has 0 aliphatic carbocycles. The Morgan fingerprint density at radius 3 is 2.59 bits per heavy atom. The van der Waals surface area contributed by atoms with Crippen molar-refractivity contribution in [3.8, 4) is 0 Å². The van der Waals surface area contributed by atoms with E-state index in [0.717, 1.165) is 22.0 Å². The van der Waals surface area contributed by atoms with Gasteiger partial charge in [-0.1, -0.05) is 30.3 Å². The molecule has 0 amide bonds. The molecule has 2 aromatic heterocycles. The number of aryl methyl sites for hydroxylation is 1. The van der Waals surface area contributed by atoms with Crippen LogP contribution >= 0.6 is 11.3 Å². The lowest BCUT2D eigenvalue weighted by molar-refractivity contribution is -0.118. The van der Waals surface area contributed by atoms with Crippen LogP contribution in [0.5, 0.6) is 0 Å². The van der Waals surface area contributed by atoms with Crippen molar-refractivity contribution in [3.63, 3.8) is 0 Å². The fraction of sp³-hybridized carbons (Fsp3) is 0.182. The molecule has 148 valence electrons. The van der Waals surface area contributed by atoms with Gasteiger partial charge in [-0.15, -0.1) is 11.3 Å². The first kappa shape index (κ1) is 19.5. The summed E-state index contributed by atoms with van der Waals surface area (Å²) in [4.78, 5) is 16.9. The van der Waals surface area contributed by atoms with Gasteiger partial charge in [-0.2, -0.15) is 0 Å². The summed E-state index contributed by atoms with van der Waals surface area (Å²) in [5, 5.41) is 3.48. The van der Waals surface area contributed by atoms with Crippen LogP contribution in [0.25, 0.3) is 10.9 Å². The van der Waals surface area contributed by atoms with E-state index in [1.165, 1.54) is 11.3 Å². The monoisotopic (exact) mass is 424 g/mol. The van der Waals surface area contributed by atoms with Gasteiger partial charge in [-0.3, -0.25) is 4.79 Å². The molecule has 0 aliphatic rings. The molecule has 7 heteroatoms. The van der Waals surface area contributed by atoms with E-state index in [0.29, 0.717) is 11.6 Å². The fourth-order valence-corrected chi connectivity index (χ4v) is 5.67. The summed E-state index contributed by atoms with van der Waals surface area (Å²) in [7, 11) is -3.44. The zero-order chi connectivity index (χ0) is 20.4. The van der Waals surface area contributed by atoms with E-state index < -0.39 is 9.84 Å². The molecule has 0 saturated heterocycles. The molecule has 0 aliphatic heterocycles. The van der Waals surface area contributed by atoms with Crippen molar-refractivity contribution >= 4 is 37.9 Å². The molecule has 29 heavy (non-hydrogen) atoms. The molecule has 4 aromatic rings. The van der Waals surface area contributed by atoms with E-state index in [4.69, 9.17) is 0 Å². The quantitative estimate of drug-likeness (QED) is 0.446. The van der Waals surface area contributed by atoms with Crippen molar-refractivity contribution < 1.29 is 13.2 Å². The van der Waals surface area contributed by atoms with Crippen molar-refractivity contribution in [2.24, 2.45) is 0 Å². The maximum absolute atomic E-state index is 12.6. The maximum atomic E-state index is 12.6. The van der Waals surface area contributed by atoms with Crippen LogP contribution in [0.4, 0.5) is 0 Å². The van der Waals surface area contributed by atoms with E-state index in [1.54, 1.807) is 35.8 Å². The Labute approximate surface area is 173 Å². The Hall–Kier alpha value is -2.77. The summed E-state index contributed by atoms with van der Waals surface area (Å²) in [6, 6.07) is 14.6. The minimum atomic E-state index is -3.44. The third kappa shape index (κ3) is 4.31. The van der Waals surface area contributed by atoms with Gasteiger partial charge in [0.05, 0.1) is 11.4 Å². The van der Waals surface area contributed by atoms with Crippen LogP contribution in [0.15, 0.2) is 71.2 Å². The number of carbonyl (C=O) groups excluding carboxylic acids is 1. The Morgan fingerprint density at radius 1 is 1.10 bits per heavy atom. The molecule has 0 spiro atoms. The molecule has 0 N–H and O–H groups in total. The number of sulfone groups is 1. The zero-order valence-corrected chi connectivity index (χ0v) is 17.5. The molecule has 0 fully saturated rings. The average molecular weight is 425 g/mol. The Kier molecular flexibility index (Phi) is 5.34. The predicted molar refractivity (Wildman–Crippen MR) is 115 cm³/mol. The third-order valence-electron chi connectivity index (χ3n) is 4.82. The fourth-order valence-electron chi connectivity index (χ4n) is 3.42. The highest BCUT2D eigenvalue weighted by atomic mass is 32.2. The largest absolute Gasteiger partial charge is 0.340 e. The second kappa shape index (κ2) is 7.93. The van der Waals surface area contributed by atoms with Gasteiger partial charge in [-0.05, 0) is 36.2 Å². The molecular weight excluding hydrogens is 404 g/mol. The minimum Gasteiger partial charge on any atom is -0.340 e. The van der Waals surface area contributed by atoms with E-state index in [1.807, 2.05) is 35.9 Å². The number of nitrogens with zero attached hydrogens (tertiary/aromatic N) is 2. The highest BCUT2D eigenvalue weighted by Gasteiger charge is 2.17. The van der Waals surface area contributed by atoms with Crippen LogP contribution in [-0.2, 0) is 33.4 Å². The van der Waals surface area contributed by atoms with E-state index in [2.05, 4.69) is 11.1 Å². The van der Waals surface area contributed by atoms with Crippen LogP contribution in [0.3, 0.4) is 0 Å². The van der Waals surface area contributed by atoms with Gasteiger partial charge in [0.2, 0.25) is 0 Å². The highest BCUT2D eigenvalue weighted by Crippen LogP contribution is 2.21. The number of Topliss-reactive ketones (excluding diaryl/α,β-unsaturated/α-hetero) is 1. The van der Waals surface area contributed by atoms with Crippen LogP contribution in [0.1, 0.15) is 16.1 Å². The van der Waals surface area contributed by atoms with Gasteiger partial charge in [0.15, 0.2) is 15.6 Å². The molecule has 5 nitrogen and oxygen atoms in total. The number of hydrogen-bond donors (Lipinski definition) is 0.